The number of anilines is 1. The number of hydrogen-bond acceptors (Lipinski definition) is 3. The summed E-state index contributed by atoms with van der Waals surface area (Å²) in [5.74, 6) is -1.56. The number of rotatable bonds is 6. The highest BCUT2D eigenvalue weighted by atomic mass is 16.4. The van der Waals surface area contributed by atoms with Crippen LogP contribution in [-0.4, -0.2) is 23.5 Å². The lowest BCUT2D eigenvalue weighted by atomic mass is 10.0. The number of nitrogens with two attached hydrogens (primary N) is 1. The number of benzene rings is 1. The van der Waals surface area contributed by atoms with E-state index in [0.29, 0.717) is 17.7 Å². The summed E-state index contributed by atoms with van der Waals surface area (Å²) in [6.07, 6.45) is 1.55. The number of carboxylic acid groups (broad SMARTS) is 1. The molecular weight excluding hydrogens is 244 g/mol. The van der Waals surface area contributed by atoms with Crippen molar-refractivity contribution in [2.24, 2.45) is 11.7 Å². The maximum Gasteiger partial charge on any atom is 0.338 e. The molecule has 1 amide bonds. The highest BCUT2D eigenvalue weighted by molar-refractivity contribution is 6.02. The van der Waals surface area contributed by atoms with Crippen LogP contribution in [0.3, 0.4) is 0 Å². The van der Waals surface area contributed by atoms with E-state index in [1.807, 2.05) is 6.92 Å². The first-order valence-corrected chi connectivity index (χ1v) is 6.35. The molecule has 1 atom stereocenters. The van der Waals surface area contributed by atoms with E-state index in [4.69, 9.17) is 5.73 Å². The lowest BCUT2D eigenvalue weighted by Crippen LogP contribution is -2.29. The molecule has 5 nitrogen and oxygen atoms in total. The number of carbonyl (C=O) groups excluding carboxylic acids is 1. The molecule has 0 aliphatic rings. The molecule has 0 spiro atoms. The molecule has 0 fully saturated rings. The van der Waals surface area contributed by atoms with Gasteiger partial charge in [0, 0.05) is 6.54 Å². The summed E-state index contributed by atoms with van der Waals surface area (Å²) in [4.78, 5) is 23.2. The van der Waals surface area contributed by atoms with Gasteiger partial charge in [-0.15, -0.1) is 0 Å². The summed E-state index contributed by atoms with van der Waals surface area (Å²) < 4.78 is 0. The van der Waals surface area contributed by atoms with Gasteiger partial charge in [0.1, 0.15) is 0 Å². The van der Waals surface area contributed by atoms with Gasteiger partial charge in [-0.05, 0) is 25.0 Å². The predicted octanol–water partition coefficient (Wildman–Crippen LogP) is 2.01. The molecular formula is C14H20N2O3. The zero-order chi connectivity index (χ0) is 14.4. The Balaban J connectivity index is 2.96. The minimum absolute atomic E-state index is 0.128. The van der Waals surface area contributed by atoms with E-state index in [1.54, 1.807) is 25.1 Å². The molecule has 104 valence electrons. The lowest BCUT2D eigenvalue weighted by molar-refractivity contribution is -0.119. The zero-order valence-corrected chi connectivity index (χ0v) is 11.3. The Bertz CT molecular complexity index is 472. The molecule has 0 saturated carbocycles. The number of amides is 1. The van der Waals surface area contributed by atoms with E-state index in [0.717, 1.165) is 6.42 Å². The minimum Gasteiger partial charge on any atom is -0.478 e. The van der Waals surface area contributed by atoms with Crippen LogP contribution in [-0.2, 0) is 4.79 Å². The molecule has 1 rings (SSSR count). The van der Waals surface area contributed by atoms with Gasteiger partial charge in [-0.1, -0.05) is 25.5 Å². The van der Waals surface area contributed by atoms with Crippen LogP contribution in [0.1, 0.15) is 35.7 Å². The van der Waals surface area contributed by atoms with Gasteiger partial charge in [-0.3, -0.25) is 4.79 Å². The maximum atomic E-state index is 12.0. The summed E-state index contributed by atoms with van der Waals surface area (Å²) in [6.45, 7) is 3.94. The standard InChI is InChI=1S/C14H20N2O3/c1-3-5-10(8-15)13(17)16-11-7-4-6-9(2)12(11)14(18)19/h4,6-7,10H,3,5,8,15H2,1-2H3,(H,16,17)(H,18,19). The van der Waals surface area contributed by atoms with Crippen LogP contribution in [0.4, 0.5) is 5.69 Å². The maximum absolute atomic E-state index is 12.0. The minimum atomic E-state index is -1.05. The smallest absolute Gasteiger partial charge is 0.338 e. The number of hydrogen-bond donors (Lipinski definition) is 3. The van der Waals surface area contributed by atoms with Gasteiger partial charge in [-0.25, -0.2) is 4.79 Å². The summed E-state index contributed by atoms with van der Waals surface area (Å²) in [5, 5.41) is 11.9. The summed E-state index contributed by atoms with van der Waals surface area (Å²) in [6, 6.07) is 5.01. The zero-order valence-electron chi connectivity index (χ0n) is 11.3. The molecule has 1 aromatic rings. The van der Waals surface area contributed by atoms with Gasteiger partial charge in [0.2, 0.25) is 5.91 Å². The van der Waals surface area contributed by atoms with Crippen LogP contribution in [0.5, 0.6) is 0 Å². The largest absolute Gasteiger partial charge is 0.478 e. The third-order valence-electron chi connectivity index (χ3n) is 3.04. The number of nitrogens with one attached hydrogen (secondary N) is 1. The van der Waals surface area contributed by atoms with Crippen LogP contribution in [0, 0.1) is 12.8 Å². The van der Waals surface area contributed by atoms with Crippen molar-refractivity contribution in [1.82, 2.24) is 0 Å². The van der Waals surface area contributed by atoms with Crippen molar-refractivity contribution in [1.29, 1.82) is 0 Å². The first-order valence-electron chi connectivity index (χ1n) is 6.35. The third-order valence-corrected chi connectivity index (χ3v) is 3.04. The Labute approximate surface area is 112 Å². The highest BCUT2D eigenvalue weighted by Gasteiger charge is 2.19. The van der Waals surface area contributed by atoms with Crippen LogP contribution < -0.4 is 11.1 Å². The fraction of sp³-hybridized carbons (Fsp3) is 0.429. The summed E-state index contributed by atoms with van der Waals surface area (Å²) in [5.41, 5.74) is 6.63. The lowest BCUT2D eigenvalue weighted by Gasteiger charge is -2.16. The molecule has 4 N–H and O–H groups in total. The van der Waals surface area contributed by atoms with E-state index in [1.165, 1.54) is 0 Å². The molecule has 1 unspecified atom stereocenters. The van der Waals surface area contributed by atoms with Crippen molar-refractivity contribution in [2.45, 2.75) is 26.7 Å². The van der Waals surface area contributed by atoms with Crippen molar-refractivity contribution >= 4 is 17.6 Å². The van der Waals surface area contributed by atoms with Crippen molar-refractivity contribution in [3.8, 4) is 0 Å². The van der Waals surface area contributed by atoms with Crippen molar-refractivity contribution in [3.63, 3.8) is 0 Å². The van der Waals surface area contributed by atoms with Crippen LogP contribution in [0.2, 0.25) is 0 Å². The molecule has 5 heteroatoms. The van der Waals surface area contributed by atoms with Crippen molar-refractivity contribution < 1.29 is 14.7 Å². The quantitative estimate of drug-likeness (QED) is 0.732. The van der Waals surface area contributed by atoms with E-state index in [9.17, 15) is 14.7 Å². The molecule has 0 radical (unpaired) electrons. The van der Waals surface area contributed by atoms with Gasteiger partial charge < -0.3 is 16.2 Å². The Morgan fingerprint density at radius 2 is 2.11 bits per heavy atom. The van der Waals surface area contributed by atoms with Crippen LogP contribution in [0.25, 0.3) is 0 Å². The fourth-order valence-corrected chi connectivity index (χ4v) is 2.00. The van der Waals surface area contributed by atoms with Gasteiger partial charge >= 0.3 is 5.97 Å². The van der Waals surface area contributed by atoms with Gasteiger partial charge in [0.25, 0.3) is 0 Å². The molecule has 0 saturated heterocycles. The first-order chi connectivity index (χ1) is 9.01. The Hall–Kier alpha value is -1.88. The second-order valence-corrected chi connectivity index (χ2v) is 4.51. The number of carbonyl (C=O) groups is 2. The first kappa shape index (κ1) is 15.2. The van der Waals surface area contributed by atoms with Crippen LogP contribution >= 0.6 is 0 Å². The number of carboxylic acids is 1. The predicted molar refractivity (Wildman–Crippen MR) is 74.2 cm³/mol. The second kappa shape index (κ2) is 6.89. The summed E-state index contributed by atoms with van der Waals surface area (Å²) in [7, 11) is 0. The van der Waals surface area contributed by atoms with Crippen molar-refractivity contribution in [3.05, 3.63) is 29.3 Å². The molecule has 0 aliphatic heterocycles. The molecule has 0 bridgehead atoms. The molecule has 0 aliphatic carbocycles. The van der Waals surface area contributed by atoms with E-state index in [2.05, 4.69) is 5.32 Å². The normalized spacial score (nSPS) is 11.9. The average molecular weight is 264 g/mol. The fourth-order valence-electron chi connectivity index (χ4n) is 2.00. The monoisotopic (exact) mass is 264 g/mol. The number of aryl methyl sites for hydroxylation is 1. The number of aromatic carboxylic acids is 1. The van der Waals surface area contributed by atoms with Crippen molar-refractivity contribution in [2.75, 3.05) is 11.9 Å². The van der Waals surface area contributed by atoms with Crippen LogP contribution in [0.15, 0.2) is 18.2 Å². The van der Waals surface area contributed by atoms with Gasteiger partial charge in [0.15, 0.2) is 0 Å². The Kier molecular flexibility index (Phi) is 5.51. The molecule has 1 aromatic carbocycles. The Morgan fingerprint density at radius 3 is 2.63 bits per heavy atom. The molecule has 0 aromatic heterocycles. The SMILES string of the molecule is CCCC(CN)C(=O)Nc1cccc(C)c1C(=O)O. The summed E-state index contributed by atoms with van der Waals surface area (Å²) >= 11 is 0. The molecule has 19 heavy (non-hydrogen) atoms. The third kappa shape index (κ3) is 3.79. The average Bonchev–Trinajstić information content (AvgIpc) is 2.35. The Morgan fingerprint density at radius 1 is 1.42 bits per heavy atom. The second-order valence-electron chi connectivity index (χ2n) is 4.51. The van der Waals surface area contributed by atoms with Gasteiger partial charge in [0.05, 0.1) is 17.2 Å². The van der Waals surface area contributed by atoms with E-state index < -0.39 is 5.97 Å². The highest BCUT2D eigenvalue weighted by Crippen LogP contribution is 2.20. The topological polar surface area (TPSA) is 92.4 Å². The molecule has 0 heterocycles. The van der Waals surface area contributed by atoms with Gasteiger partial charge in [-0.2, -0.15) is 0 Å². The van der Waals surface area contributed by atoms with E-state index in [-0.39, 0.29) is 23.9 Å². The van der Waals surface area contributed by atoms with E-state index >= 15 is 0 Å².